The molecule has 0 fully saturated rings. The van der Waals surface area contributed by atoms with E-state index >= 15 is 0 Å². The van der Waals surface area contributed by atoms with Gasteiger partial charge in [0.25, 0.3) is 0 Å². The van der Waals surface area contributed by atoms with Gasteiger partial charge < -0.3 is 15.5 Å². The van der Waals surface area contributed by atoms with E-state index in [0.717, 1.165) is 5.69 Å². The van der Waals surface area contributed by atoms with E-state index < -0.39 is 0 Å². The number of amides is 2. The molecule has 0 radical (unpaired) electrons. The normalized spacial score (nSPS) is 10.1. The number of hydrogen-bond acceptors (Lipinski definition) is 2. The third-order valence-electron chi connectivity index (χ3n) is 2.80. The van der Waals surface area contributed by atoms with Crippen molar-refractivity contribution in [3.05, 3.63) is 52.5 Å². The molecule has 0 saturated carbocycles. The van der Waals surface area contributed by atoms with Gasteiger partial charge in [-0.3, -0.25) is 0 Å². The Kier molecular flexibility index (Phi) is 4.94. The lowest BCUT2D eigenvalue weighted by atomic mass is 10.2. The summed E-state index contributed by atoms with van der Waals surface area (Å²) < 4.78 is 0. The molecule has 110 valence electrons. The summed E-state index contributed by atoms with van der Waals surface area (Å²) >= 11 is 11.9. The molecule has 2 aromatic rings. The van der Waals surface area contributed by atoms with Crippen molar-refractivity contribution in [1.82, 2.24) is 0 Å². The lowest BCUT2D eigenvalue weighted by Crippen LogP contribution is -2.20. The number of anilines is 3. The Morgan fingerprint density at radius 3 is 2.52 bits per heavy atom. The highest BCUT2D eigenvalue weighted by molar-refractivity contribution is 6.35. The molecule has 0 aliphatic carbocycles. The first-order valence-electron chi connectivity index (χ1n) is 6.26. The summed E-state index contributed by atoms with van der Waals surface area (Å²) in [5, 5.41) is 6.35. The summed E-state index contributed by atoms with van der Waals surface area (Å²) in [6.45, 7) is 0. The van der Waals surface area contributed by atoms with Crippen molar-refractivity contribution in [2.75, 3.05) is 29.6 Å². The number of carbonyl (C=O) groups is 1. The SMILES string of the molecule is CN(C)c1cccc(NC(=O)Nc2cc(Cl)ccc2Cl)c1. The van der Waals surface area contributed by atoms with Crippen LogP contribution in [0.4, 0.5) is 21.9 Å². The molecule has 2 rings (SSSR count). The fourth-order valence-corrected chi connectivity index (χ4v) is 2.08. The second-order valence-electron chi connectivity index (χ2n) is 4.65. The fourth-order valence-electron chi connectivity index (χ4n) is 1.74. The van der Waals surface area contributed by atoms with Gasteiger partial charge in [-0.2, -0.15) is 0 Å². The van der Waals surface area contributed by atoms with Gasteiger partial charge in [-0.15, -0.1) is 0 Å². The summed E-state index contributed by atoms with van der Waals surface area (Å²) in [5.74, 6) is 0. The van der Waals surface area contributed by atoms with Crippen LogP contribution in [0.15, 0.2) is 42.5 Å². The van der Waals surface area contributed by atoms with Crippen molar-refractivity contribution < 1.29 is 4.79 Å². The molecule has 2 N–H and O–H groups in total. The van der Waals surface area contributed by atoms with Crippen LogP contribution in [0.25, 0.3) is 0 Å². The van der Waals surface area contributed by atoms with Crippen LogP contribution in [0.3, 0.4) is 0 Å². The minimum absolute atomic E-state index is 0.380. The van der Waals surface area contributed by atoms with E-state index in [-0.39, 0.29) is 6.03 Å². The summed E-state index contributed by atoms with van der Waals surface area (Å²) in [6.07, 6.45) is 0. The summed E-state index contributed by atoms with van der Waals surface area (Å²) in [5.41, 5.74) is 2.15. The number of nitrogens with zero attached hydrogens (tertiary/aromatic N) is 1. The molecule has 0 aromatic heterocycles. The van der Waals surface area contributed by atoms with E-state index in [1.807, 2.05) is 43.3 Å². The van der Waals surface area contributed by atoms with E-state index in [9.17, 15) is 4.79 Å². The van der Waals surface area contributed by atoms with Crippen molar-refractivity contribution in [1.29, 1.82) is 0 Å². The molecule has 0 unspecified atom stereocenters. The van der Waals surface area contributed by atoms with Crippen LogP contribution in [0.2, 0.25) is 10.0 Å². The predicted molar refractivity (Wildman–Crippen MR) is 89.9 cm³/mol. The van der Waals surface area contributed by atoms with Crippen molar-refractivity contribution in [2.24, 2.45) is 0 Å². The number of urea groups is 1. The molecule has 0 heterocycles. The molecule has 2 amide bonds. The highest BCUT2D eigenvalue weighted by atomic mass is 35.5. The molecule has 0 atom stereocenters. The largest absolute Gasteiger partial charge is 0.378 e. The predicted octanol–water partition coefficient (Wildman–Crippen LogP) is 4.70. The molecule has 4 nitrogen and oxygen atoms in total. The average Bonchev–Trinajstić information content (AvgIpc) is 2.43. The topological polar surface area (TPSA) is 44.4 Å². The zero-order valence-corrected chi connectivity index (χ0v) is 13.2. The zero-order valence-electron chi connectivity index (χ0n) is 11.7. The van der Waals surface area contributed by atoms with Gasteiger partial charge in [-0.25, -0.2) is 4.79 Å². The second kappa shape index (κ2) is 6.70. The van der Waals surface area contributed by atoms with Crippen LogP contribution in [0, 0.1) is 0 Å². The molecular formula is C15H15Cl2N3O. The second-order valence-corrected chi connectivity index (χ2v) is 5.49. The van der Waals surface area contributed by atoms with Crippen molar-refractivity contribution in [2.45, 2.75) is 0 Å². The van der Waals surface area contributed by atoms with Crippen molar-refractivity contribution in [3.8, 4) is 0 Å². The maximum atomic E-state index is 12.0. The third kappa shape index (κ3) is 4.28. The van der Waals surface area contributed by atoms with Gasteiger partial charge in [-0.1, -0.05) is 29.3 Å². The maximum absolute atomic E-state index is 12.0. The number of carbonyl (C=O) groups excluding carboxylic acids is 1. The first-order chi connectivity index (χ1) is 9.95. The van der Waals surface area contributed by atoms with Gasteiger partial charge in [0.1, 0.15) is 0 Å². The maximum Gasteiger partial charge on any atom is 0.323 e. The molecule has 0 bridgehead atoms. The summed E-state index contributed by atoms with van der Waals surface area (Å²) in [7, 11) is 3.87. The van der Waals surface area contributed by atoms with Gasteiger partial charge in [0.2, 0.25) is 0 Å². The quantitative estimate of drug-likeness (QED) is 0.859. The Balaban J connectivity index is 2.08. The van der Waals surface area contributed by atoms with Gasteiger partial charge in [-0.05, 0) is 36.4 Å². The van der Waals surface area contributed by atoms with E-state index in [2.05, 4.69) is 10.6 Å². The van der Waals surface area contributed by atoms with Gasteiger partial charge in [0.05, 0.1) is 10.7 Å². The minimum Gasteiger partial charge on any atom is -0.378 e. The number of nitrogens with one attached hydrogen (secondary N) is 2. The van der Waals surface area contributed by atoms with E-state index in [1.165, 1.54) is 0 Å². The Bertz CT molecular complexity index is 659. The van der Waals surface area contributed by atoms with E-state index in [1.54, 1.807) is 18.2 Å². The molecule has 0 spiro atoms. The van der Waals surface area contributed by atoms with E-state index in [4.69, 9.17) is 23.2 Å². The van der Waals surface area contributed by atoms with Crippen LogP contribution in [0.5, 0.6) is 0 Å². The highest BCUT2D eigenvalue weighted by Crippen LogP contribution is 2.25. The van der Waals surface area contributed by atoms with Crippen LogP contribution >= 0.6 is 23.2 Å². The Labute approximate surface area is 133 Å². The van der Waals surface area contributed by atoms with Gasteiger partial charge >= 0.3 is 6.03 Å². The van der Waals surface area contributed by atoms with Crippen molar-refractivity contribution >= 4 is 46.3 Å². The number of halogens is 2. The monoisotopic (exact) mass is 323 g/mol. The minimum atomic E-state index is -0.380. The van der Waals surface area contributed by atoms with Gasteiger partial charge in [0.15, 0.2) is 0 Å². The Morgan fingerprint density at radius 1 is 1.05 bits per heavy atom. The number of benzene rings is 2. The van der Waals surface area contributed by atoms with Crippen LogP contribution < -0.4 is 15.5 Å². The molecule has 6 heteroatoms. The number of rotatable bonds is 3. The first-order valence-corrected chi connectivity index (χ1v) is 7.02. The van der Waals surface area contributed by atoms with Crippen LogP contribution in [-0.4, -0.2) is 20.1 Å². The van der Waals surface area contributed by atoms with Gasteiger partial charge in [0, 0.05) is 30.5 Å². The van der Waals surface area contributed by atoms with Crippen LogP contribution in [0.1, 0.15) is 0 Å². The lowest BCUT2D eigenvalue weighted by Gasteiger charge is -2.14. The highest BCUT2D eigenvalue weighted by Gasteiger charge is 2.07. The first kappa shape index (κ1) is 15.5. The molecule has 2 aromatic carbocycles. The Morgan fingerprint density at radius 2 is 1.81 bits per heavy atom. The van der Waals surface area contributed by atoms with Crippen LogP contribution in [-0.2, 0) is 0 Å². The fraction of sp³-hybridized carbons (Fsp3) is 0.133. The average molecular weight is 324 g/mol. The molecular weight excluding hydrogens is 309 g/mol. The smallest absolute Gasteiger partial charge is 0.323 e. The summed E-state index contributed by atoms with van der Waals surface area (Å²) in [4.78, 5) is 13.9. The molecule has 0 aliphatic rings. The lowest BCUT2D eigenvalue weighted by molar-refractivity contribution is 0.262. The third-order valence-corrected chi connectivity index (χ3v) is 3.36. The van der Waals surface area contributed by atoms with E-state index in [0.29, 0.717) is 21.4 Å². The number of hydrogen-bond donors (Lipinski definition) is 2. The summed E-state index contributed by atoms with van der Waals surface area (Å²) in [6, 6.07) is 12.0. The Hall–Kier alpha value is -1.91. The molecule has 0 aliphatic heterocycles. The molecule has 21 heavy (non-hydrogen) atoms. The zero-order chi connectivity index (χ0) is 15.4. The molecule has 0 saturated heterocycles. The van der Waals surface area contributed by atoms with Crippen molar-refractivity contribution in [3.63, 3.8) is 0 Å². The standard InChI is InChI=1S/C15H15Cl2N3O/c1-20(2)12-5-3-4-11(9-12)18-15(21)19-14-8-10(16)6-7-13(14)17/h3-9H,1-2H3,(H2,18,19,21).